The predicted octanol–water partition coefficient (Wildman–Crippen LogP) is 1.69. The van der Waals surface area contributed by atoms with Crippen LogP contribution in [0.4, 0.5) is 17.1 Å². The van der Waals surface area contributed by atoms with Crippen molar-refractivity contribution in [1.82, 2.24) is 0 Å². The summed E-state index contributed by atoms with van der Waals surface area (Å²) in [4.78, 5) is 13.6. The number of carbonyl (C=O) groups excluding carboxylic acids is 1. The molecule has 0 aromatic heterocycles. The topological polar surface area (TPSA) is 67.6 Å². The van der Waals surface area contributed by atoms with Gasteiger partial charge in [-0.2, -0.15) is 0 Å². The Labute approximate surface area is 112 Å². The van der Waals surface area contributed by atoms with Gasteiger partial charge >= 0.3 is 0 Å². The number of fused-ring (bicyclic) bond motifs is 1. The van der Waals surface area contributed by atoms with E-state index in [0.29, 0.717) is 29.0 Å². The van der Waals surface area contributed by atoms with E-state index in [4.69, 9.17) is 10.5 Å². The van der Waals surface area contributed by atoms with Gasteiger partial charge in [-0.15, -0.1) is 0 Å². The Balaban J connectivity index is 1.94. The summed E-state index contributed by atoms with van der Waals surface area (Å²) in [6, 6.07) is 3.73. The van der Waals surface area contributed by atoms with Crippen LogP contribution in [0.3, 0.4) is 0 Å². The molecule has 5 heteroatoms. The lowest BCUT2D eigenvalue weighted by molar-refractivity contribution is -0.118. The van der Waals surface area contributed by atoms with Gasteiger partial charge in [-0.05, 0) is 17.9 Å². The minimum Gasteiger partial charge on any atom is -0.482 e. The molecule has 3 rings (SSSR count). The second kappa shape index (κ2) is 4.33. The predicted molar refractivity (Wildman–Crippen MR) is 75.5 cm³/mol. The van der Waals surface area contributed by atoms with Crippen molar-refractivity contribution in [2.75, 3.05) is 35.6 Å². The number of benzene rings is 1. The fourth-order valence-electron chi connectivity index (χ4n) is 2.73. The molecule has 5 nitrogen and oxygen atoms in total. The monoisotopic (exact) mass is 261 g/mol. The molecule has 2 unspecified atom stereocenters. The second-order valence-corrected chi connectivity index (χ2v) is 5.60. The molecule has 0 bridgehead atoms. The van der Waals surface area contributed by atoms with E-state index in [1.54, 1.807) is 6.07 Å². The van der Waals surface area contributed by atoms with Crippen LogP contribution in [0.25, 0.3) is 0 Å². The number of nitrogens with zero attached hydrogens (tertiary/aromatic N) is 1. The molecule has 1 amide bonds. The maximum atomic E-state index is 11.4. The van der Waals surface area contributed by atoms with Gasteiger partial charge in [-0.25, -0.2) is 0 Å². The maximum absolute atomic E-state index is 11.4. The Morgan fingerprint density at radius 2 is 2.00 bits per heavy atom. The van der Waals surface area contributed by atoms with E-state index in [0.717, 1.165) is 18.8 Å². The number of nitrogens with one attached hydrogen (secondary N) is 1. The summed E-state index contributed by atoms with van der Waals surface area (Å²) in [6.07, 6.45) is 0. The lowest BCUT2D eigenvalue weighted by atomic mass is 10.0. The molecule has 1 aromatic carbocycles. The number of hydrogen-bond acceptors (Lipinski definition) is 4. The molecule has 0 saturated carbocycles. The van der Waals surface area contributed by atoms with Crippen LogP contribution in [0.1, 0.15) is 13.8 Å². The van der Waals surface area contributed by atoms with Crippen molar-refractivity contribution in [3.63, 3.8) is 0 Å². The fraction of sp³-hybridized carbons (Fsp3) is 0.500. The molecule has 1 fully saturated rings. The van der Waals surface area contributed by atoms with Crippen molar-refractivity contribution in [1.29, 1.82) is 0 Å². The second-order valence-electron chi connectivity index (χ2n) is 5.60. The van der Waals surface area contributed by atoms with E-state index in [2.05, 4.69) is 24.1 Å². The molecular weight excluding hydrogens is 242 g/mol. The quantitative estimate of drug-likeness (QED) is 0.755. The average molecular weight is 261 g/mol. The Morgan fingerprint density at radius 1 is 1.32 bits per heavy atom. The number of amides is 1. The van der Waals surface area contributed by atoms with E-state index in [-0.39, 0.29) is 12.5 Å². The van der Waals surface area contributed by atoms with Gasteiger partial charge < -0.3 is 20.7 Å². The van der Waals surface area contributed by atoms with Gasteiger partial charge in [0.1, 0.15) is 5.75 Å². The number of ether oxygens (including phenoxy) is 1. The van der Waals surface area contributed by atoms with Crippen molar-refractivity contribution in [3.8, 4) is 5.75 Å². The third-order valence-corrected chi connectivity index (χ3v) is 4.09. The Morgan fingerprint density at radius 3 is 2.68 bits per heavy atom. The van der Waals surface area contributed by atoms with E-state index in [1.807, 2.05) is 6.07 Å². The molecule has 3 N–H and O–H groups in total. The highest BCUT2D eigenvalue weighted by molar-refractivity contribution is 5.97. The average Bonchev–Trinajstić information content (AvgIpc) is 2.69. The summed E-state index contributed by atoms with van der Waals surface area (Å²) < 4.78 is 5.37. The zero-order chi connectivity index (χ0) is 13.6. The molecule has 1 aromatic rings. The number of carbonyl (C=O) groups is 1. The normalized spacial score (nSPS) is 25.8. The zero-order valence-electron chi connectivity index (χ0n) is 11.3. The third-order valence-electron chi connectivity index (χ3n) is 4.09. The van der Waals surface area contributed by atoms with Crippen molar-refractivity contribution >= 4 is 23.0 Å². The molecule has 102 valence electrons. The molecule has 2 aliphatic heterocycles. The van der Waals surface area contributed by atoms with Gasteiger partial charge in [0.05, 0.1) is 17.1 Å². The van der Waals surface area contributed by atoms with Crippen LogP contribution in [-0.2, 0) is 4.79 Å². The highest BCUT2D eigenvalue weighted by Gasteiger charge is 2.28. The lowest BCUT2D eigenvalue weighted by Gasteiger charge is -2.25. The minimum absolute atomic E-state index is 0.0591. The largest absolute Gasteiger partial charge is 0.482 e. The van der Waals surface area contributed by atoms with Crippen LogP contribution in [0.15, 0.2) is 12.1 Å². The highest BCUT2D eigenvalue weighted by Crippen LogP contribution is 2.39. The van der Waals surface area contributed by atoms with Gasteiger partial charge in [-0.1, -0.05) is 13.8 Å². The van der Waals surface area contributed by atoms with Crippen molar-refractivity contribution in [3.05, 3.63) is 12.1 Å². The van der Waals surface area contributed by atoms with Gasteiger partial charge in [-0.3, -0.25) is 4.79 Å². The Hall–Kier alpha value is -1.91. The summed E-state index contributed by atoms with van der Waals surface area (Å²) in [5, 5.41) is 2.83. The first-order chi connectivity index (χ1) is 9.04. The van der Waals surface area contributed by atoms with E-state index in [1.165, 1.54) is 0 Å². The van der Waals surface area contributed by atoms with E-state index in [9.17, 15) is 4.79 Å². The number of nitrogens with two attached hydrogens (primary N) is 1. The summed E-state index contributed by atoms with van der Waals surface area (Å²) in [5.41, 5.74) is 8.52. The molecule has 0 aliphatic carbocycles. The molecule has 2 atom stereocenters. The summed E-state index contributed by atoms with van der Waals surface area (Å²) in [5.74, 6) is 1.84. The highest BCUT2D eigenvalue weighted by atomic mass is 16.5. The van der Waals surface area contributed by atoms with Gasteiger partial charge in [0.25, 0.3) is 5.91 Å². The molecular formula is C14H19N3O2. The lowest BCUT2D eigenvalue weighted by Crippen LogP contribution is -2.27. The third kappa shape index (κ3) is 2.09. The molecule has 2 aliphatic rings. The first-order valence-electron chi connectivity index (χ1n) is 6.65. The van der Waals surface area contributed by atoms with Gasteiger partial charge in [0.2, 0.25) is 0 Å². The first kappa shape index (κ1) is 12.1. The Bertz CT molecular complexity index is 520. The van der Waals surface area contributed by atoms with Crippen molar-refractivity contribution in [2.45, 2.75) is 13.8 Å². The SMILES string of the molecule is CC1CN(c2cc3c(cc2N)OCC(=O)N3)CC1C. The molecule has 1 saturated heterocycles. The summed E-state index contributed by atoms with van der Waals surface area (Å²) >= 11 is 0. The standard InChI is InChI=1S/C14H19N3O2/c1-8-5-17(6-9(8)2)12-4-11-13(3-10(12)15)19-7-14(18)16-11/h3-4,8-9H,5-7,15H2,1-2H3,(H,16,18). The molecule has 2 heterocycles. The van der Waals surface area contributed by atoms with Gasteiger partial charge in [0, 0.05) is 19.2 Å². The van der Waals surface area contributed by atoms with E-state index >= 15 is 0 Å². The number of anilines is 3. The van der Waals surface area contributed by atoms with Gasteiger partial charge in [0.15, 0.2) is 6.61 Å². The van der Waals surface area contributed by atoms with Crippen molar-refractivity contribution in [2.24, 2.45) is 11.8 Å². The van der Waals surface area contributed by atoms with Crippen LogP contribution in [0.5, 0.6) is 5.75 Å². The molecule has 19 heavy (non-hydrogen) atoms. The maximum Gasteiger partial charge on any atom is 0.262 e. The Kier molecular flexibility index (Phi) is 2.77. The summed E-state index contributed by atoms with van der Waals surface area (Å²) in [6.45, 7) is 6.57. The van der Waals surface area contributed by atoms with E-state index < -0.39 is 0 Å². The van der Waals surface area contributed by atoms with Crippen LogP contribution >= 0.6 is 0 Å². The molecule has 0 radical (unpaired) electrons. The fourth-order valence-corrected chi connectivity index (χ4v) is 2.73. The first-order valence-corrected chi connectivity index (χ1v) is 6.65. The van der Waals surface area contributed by atoms with Crippen LogP contribution in [0.2, 0.25) is 0 Å². The zero-order valence-corrected chi connectivity index (χ0v) is 11.3. The smallest absolute Gasteiger partial charge is 0.262 e. The minimum atomic E-state index is -0.119. The summed E-state index contributed by atoms with van der Waals surface area (Å²) in [7, 11) is 0. The van der Waals surface area contributed by atoms with Crippen molar-refractivity contribution < 1.29 is 9.53 Å². The van der Waals surface area contributed by atoms with Crippen LogP contribution in [0, 0.1) is 11.8 Å². The number of hydrogen-bond donors (Lipinski definition) is 2. The van der Waals surface area contributed by atoms with Crippen LogP contribution < -0.4 is 20.7 Å². The molecule has 0 spiro atoms. The van der Waals surface area contributed by atoms with Crippen LogP contribution in [-0.4, -0.2) is 25.6 Å². The number of nitrogen functional groups attached to an aromatic ring is 1. The number of rotatable bonds is 1.